The maximum Gasteiger partial charge on any atom is 0.317 e. The van der Waals surface area contributed by atoms with E-state index in [0.717, 1.165) is 26.1 Å². The van der Waals surface area contributed by atoms with Crippen molar-refractivity contribution in [2.75, 3.05) is 19.6 Å². The second kappa shape index (κ2) is 6.58. The van der Waals surface area contributed by atoms with Crippen LogP contribution in [0.25, 0.3) is 0 Å². The first-order valence-corrected chi connectivity index (χ1v) is 7.96. The Morgan fingerprint density at radius 3 is 2.62 bits per heavy atom. The van der Waals surface area contributed by atoms with Crippen molar-refractivity contribution in [3.05, 3.63) is 35.9 Å². The lowest BCUT2D eigenvalue weighted by atomic mass is 10.0. The molecule has 0 unspecified atom stereocenters. The van der Waals surface area contributed by atoms with Gasteiger partial charge in [0.2, 0.25) is 0 Å². The van der Waals surface area contributed by atoms with Crippen molar-refractivity contribution in [3.8, 4) is 0 Å². The minimum Gasteiger partial charge on any atom is -0.480 e. The molecule has 0 spiro atoms. The summed E-state index contributed by atoms with van der Waals surface area (Å²) < 4.78 is 0. The van der Waals surface area contributed by atoms with Gasteiger partial charge in [0.05, 0.1) is 6.54 Å². The molecular formula is C17H24N2O2. The van der Waals surface area contributed by atoms with Gasteiger partial charge in [0.25, 0.3) is 0 Å². The van der Waals surface area contributed by atoms with Gasteiger partial charge in [-0.25, -0.2) is 0 Å². The summed E-state index contributed by atoms with van der Waals surface area (Å²) >= 11 is 0. The van der Waals surface area contributed by atoms with E-state index in [-0.39, 0.29) is 6.54 Å². The zero-order valence-electron chi connectivity index (χ0n) is 12.4. The van der Waals surface area contributed by atoms with Crippen molar-refractivity contribution >= 4 is 5.97 Å². The highest BCUT2D eigenvalue weighted by Crippen LogP contribution is 2.31. The van der Waals surface area contributed by atoms with Crippen LogP contribution in [0.1, 0.15) is 31.2 Å². The monoisotopic (exact) mass is 288 g/mol. The lowest BCUT2D eigenvalue weighted by Gasteiger charge is -2.39. The number of carboxylic acid groups (broad SMARTS) is 1. The normalized spacial score (nSPS) is 23.4. The highest BCUT2D eigenvalue weighted by molar-refractivity contribution is 5.69. The largest absolute Gasteiger partial charge is 0.480 e. The predicted molar refractivity (Wildman–Crippen MR) is 82.1 cm³/mol. The summed E-state index contributed by atoms with van der Waals surface area (Å²) in [7, 11) is 0. The highest BCUT2D eigenvalue weighted by atomic mass is 16.4. The Morgan fingerprint density at radius 1 is 1.19 bits per heavy atom. The molecule has 1 aromatic carbocycles. The lowest BCUT2D eigenvalue weighted by Crippen LogP contribution is -2.50. The number of likely N-dealkylation sites (tertiary alicyclic amines) is 1. The first-order chi connectivity index (χ1) is 10.2. The number of hydrogen-bond acceptors (Lipinski definition) is 3. The van der Waals surface area contributed by atoms with Gasteiger partial charge in [-0.1, -0.05) is 30.3 Å². The summed E-state index contributed by atoms with van der Waals surface area (Å²) in [6.45, 7) is 3.30. The summed E-state index contributed by atoms with van der Waals surface area (Å²) in [6, 6.07) is 11.5. The van der Waals surface area contributed by atoms with Crippen molar-refractivity contribution in [3.63, 3.8) is 0 Å². The molecule has 1 aliphatic carbocycles. The number of carboxylic acids is 1. The van der Waals surface area contributed by atoms with E-state index in [1.165, 1.54) is 24.8 Å². The number of aliphatic carboxylic acids is 1. The van der Waals surface area contributed by atoms with Gasteiger partial charge in [0, 0.05) is 25.2 Å². The molecule has 1 saturated carbocycles. The highest BCUT2D eigenvalue weighted by Gasteiger charge is 2.36. The molecule has 3 rings (SSSR count). The first kappa shape index (κ1) is 14.5. The number of rotatable bonds is 6. The van der Waals surface area contributed by atoms with Crippen molar-refractivity contribution in [1.29, 1.82) is 0 Å². The molecule has 0 radical (unpaired) electrons. The molecule has 1 aliphatic heterocycles. The standard InChI is InChI=1S/C17H24N2O2/c20-17(21)13-19(15-8-9-15)16-7-4-10-18(12-16)11-14-5-2-1-3-6-14/h1-3,5-6,15-16H,4,7-13H2,(H,20,21)/t16-/m1/s1. The molecule has 0 aromatic heterocycles. The molecule has 1 saturated heterocycles. The van der Waals surface area contributed by atoms with Gasteiger partial charge >= 0.3 is 5.97 Å². The molecule has 1 aromatic rings. The maximum atomic E-state index is 11.1. The SMILES string of the molecule is O=C(O)CN(C1CC1)[C@@H]1CCCN(Cc2ccccc2)C1. The fourth-order valence-electron chi connectivity index (χ4n) is 3.41. The minimum atomic E-state index is -0.693. The van der Waals surface area contributed by atoms with Crippen LogP contribution in [0.15, 0.2) is 30.3 Å². The molecule has 0 bridgehead atoms. The van der Waals surface area contributed by atoms with Gasteiger partial charge in [0.15, 0.2) is 0 Å². The third kappa shape index (κ3) is 4.05. The number of benzene rings is 1. The topological polar surface area (TPSA) is 43.8 Å². The summed E-state index contributed by atoms with van der Waals surface area (Å²) in [5.74, 6) is -0.693. The van der Waals surface area contributed by atoms with Crippen LogP contribution >= 0.6 is 0 Å². The number of piperidine rings is 1. The van der Waals surface area contributed by atoms with Crippen molar-refractivity contribution in [2.24, 2.45) is 0 Å². The van der Waals surface area contributed by atoms with Crippen LogP contribution in [0.2, 0.25) is 0 Å². The summed E-state index contributed by atoms with van der Waals surface area (Å²) in [6.07, 6.45) is 4.64. The van der Waals surface area contributed by atoms with Crippen molar-refractivity contribution < 1.29 is 9.90 Å². The van der Waals surface area contributed by atoms with Crippen LogP contribution in [0.4, 0.5) is 0 Å². The number of nitrogens with zero attached hydrogens (tertiary/aromatic N) is 2. The molecule has 1 N–H and O–H groups in total. The molecule has 4 nitrogen and oxygen atoms in total. The quantitative estimate of drug-likeness (QED) is 0.871. The zero-order chi connectivity index (χ0) is 14.7. The predicted octanol–water partition coefficient (Wildman–Crippen LogP) is 2.20. The molecule has 2 fully saturated rings. The molecular weight excluding hydrogens is 264 g/mol. The van der Waals surface area contributed by atoms with Crippen molar-refractivity contribution in [1.82, 2.24) is 9.80 Å². The Labute approximate surface area is 126 Å². The average Bonchev–Trinajstić information content (AvgIpc) is 3.30. The minimum absolute atomic E-state index is 0.203. The van der Waals surface area contributed by atoms with E-state index in [4.69, 9.17) is 5.11 Å². The zero-order valence-corrected chi connectivity index (χ0v) is 12.4. The second-order valence-electron chi connectivity index (χ2n) is 6.31. The summed E-state index contributed by atoms with van der Waals surface area (Å²) in [4.78, 5) is 15.8. The van der Waals surface area contributed by atoms with Gasteiger partial charge in [-0.15, -0.1) is 0 Å². The first-order valence-electron chi connectivity index (χ1n) is 7.96. The summed E-state index contributed by atoms with van der Waals surface area (Å²) in [5.41, 5.74) is 1.34. The van der Waals surface area contributed by atoms with E-state index in [0.29, 0.717) is 12.1 Å². The van der Waals surface area contributed by atoms with E-state index < -0.39 is 5.97 Å². The maximum absolute atomic E-state index is 11.1. The smallest absolute Gasteiger partial charge is 0.317 e. The van der Waals surface area contributed by atoms with Crippen molar-refractivity contribution in [2.45, 2.75) is 44.3 Å². The van der Waals surface area contributed by atoms with Crippen LogP contribution < -0.4 is 0 Å². The van der Waals surface area contributed by atoms with Gasteiger partial charge in [-0.3, -0.25) is 14.6 Å². The Morgan fingerprint density at radius 2 is 1.95 bits per heavy atom. The van der Waals surface area contributed by atoms with Crippen LogP contribution in [0, 0.1) is 0 Å². The van der Waals surface area contributed by atoms with Gasteiger partial charge in [-0.2, -0.15) is 0 Å². The molecule has 0 amide bonds. The van der Waals surface area contributed by atoms with E-state index in [2.05, 4.69) is 34.1 Å². The Balaban J connectivity index is 1.60. The van der Waals surface area contributed by atoms with E-state index in [9.17, 15) is 4.79 Å². The van der Waals surface area contributed by atoms with Crippen LogP contribution in [-0.2, 0) is 11.3 Å². The van der Waals surface area contributed by atoms with E-state index in [1.54, 1.807) is 0 Å². The van der Waals surface area contributed by atoms with Crippen LogP contribution in [0.3, 0.4) is 0 Å². The third-order valence-corrected chi connectivity index (χ3v) is 4.53. The van der Waals surface area contributed by atoms with E-state index >= 15 is 0 Å². The molecule has 2 aliphatic rings. The Hall–Kier alpha value is -1.39. The Kier molecular flexibility index (Phi) is 4.56. The second-order valence-corrected chi connectivity index (χ2v) is 6.31. The third-order valence-electron chi connectivity index (χ3n) is 4.53. The number of carbonyl (C=O) groups is 1. The van der Waals surface area contributed by atoms with Gasteiger partial charge in [-0.05, 0) is 37.8 Å². The van der Waals surface area contributed by atoms with Gasteiger partial charge in [0.1, 0.15) is 0 Å². The fourth-order valence-corrected chi connectivity index (χ4v) is 3.41. The fraction of sp³-hybridized carbons (Fsp3) is 0.588. The molecule has 21 heavy (non-hydrogen) atoms. The molecule has 4 heteroatoms. The summed E-state index contributed by atoms with van der Waals surface area (Å²) in [5, 5.41) is 9.14. The lowest BCUT2D eigenvalue weighted by molar-refractivity contribution is -0.139. The van der Waals surface area contributed by atoms with Crippen LogP contribution in [0.5, 0.6) is 0 Å². The average molecular weight is 288 g/mol. The van der Waals surface area contributed by atoms with Crippen LogP contribution in [-0.4, -0.2) is 52.6 Å². The number of hydrogen-bond donors (Lipinski definition) is 1. The molecule has 1 heterocycles. The molecule has 1 atom stereocenters. The van der Waals surface area contributed by atoms with E-state index in [1.807, 2.05) is 6.07 Å². The molecule has 114 valence electrons. The van der Waals surface area contributed by atoms with Gasteiger partial charge < -0.3 is 5.11 Å². The Bertz CT molecular complexity index is 473.